The van der Waals surface area contributed by atoms with E-state index in [1.54, 1.807) is 11.3 Å². The summed E-state index contributed by atoms with van der Waals surface area (Å²) in [6.45, 7) is 0.604. The fourth-order valence-electron chi connectivity index (χ4n) is 3.04. The summed E-state index contributed by atoms with van der Waals surface area (Å²) in [6, 6.07) is 9.76. The van der Waals surface area contributed by atoms with Crippen LogP contribution in [0.25, 0.3) is 10.7 Å². The third-order valence-corrected chi connectivity index (χ3v) is 5.71. The second-order valence-corrected chi connectivity index (χ2v) is 8.15. The normalized spacial score (nSPS) is 15.8. The molecule has 0 saturated carbocycles. The molecule has 1 aliphatic heterocycles. The number of thiophene rings is 1. The van der Waals surface area contributed by atoms with E-state index in [0.29, 0.717) is 37.6 Å². The van der Waals surface area contributed by atoms with Crippen LogP contribution in [0.2, 0.25) is 0 Å². The maximum atomic E-state index is 12.4. The van der Waals surface area contributed by atoms with Crippen LogP contribution in [0.1, 0.15) is 36.8 Å². The monoisotopic (exact) mass is 447 g/mol. The molecule has 0 radical (unpaired) electrons. The molecule has 6 nitrogen and oxygen atoms in total. The van der Waals surface area contributed by atoms with Gasteiger partial charge in [0.1, 0.15) is 5.75 Å². The number of rotatable bonds is 6. The number of benzene rings is 1. The third kappa shape index (κ3) is 4.39. The topological polar surface area (TPSA) is 77.2 Å². The molecule has 1 amide bonds. The largest absolute Gasteiger partial charge is 0.493 e. The van der Waals surface area contributed by atoms with E-state index in [1.165, 1.54) is 0 Å². The Morgan fingerprint density at radius 2 is 2.30 bits per heavy atom. The number of carbonyl (C=O) groups is 1. The van der Waals surface area contributed by atoms with Crippen LogP contribution in [-0.2, 0) is 11.2 Å². The van der Waals surface area contributed by atoms with Crippen molar-refractivity contribution in [1.29, 1.82) is 0 Å². The number of fused-ring (bicyclic) bond motifs is 1. The Balaban J connectivity index is 1.29. The van der Waals surface area contributed by atoms with E-state index in [1.807, 2.05) is 35.7 Å². The minimum Gasteiger partial charge on any atom is -0.493 e. The number of aromatic nitrogens is 2. The smallest absolute Gasteiger partial charge is 0.226 e. The molecule has 1 aliphatic rings. The molecular formula is C19H18BrN3O3S. The van der Waals surface area contributed by atoms with Gasteiger partial charge in [-0.25, -0.2) is 0 Å². The first-order valence-electron chi connectivity index (χ1n) is 8.77. The van der Waals surface area contributed by atoms with Crippen molar-refractivity contribution < 1.29 is 14.1 Å². The number of nitrogens with zero attached hydrogens (tertiary/aromatic N) is 2. The predicted molar refractivity (Wildman–Crippen MR) is 106 cm³/mol. The summed E-state index contributed by atoms with van der Waals surface area (Å²) in [6.07, 6.45) is 2.43. The van der Waals surface area contributed by atoms with Crippen LogP contribution in [0, 0.1) is 0 Å². The molecule has 2 aromatic heterocycles. The molecule has 0 saturated heterocycles. The van der Waals surface area contributed by atoms with Crippen molar-refractivity contribution >= 4 is 33.2 Å². The quantitative estimate of drug-likeness (QED) is 0.600. The summed E-state index contributed by atoms with van der Waals surface area (Å²) in [7, 11) is 0. The molecule has 27 heavy (non-hydrogen) atoms. The molecule has 140 valence electrons. The van der Waals surface area contributed by atoms with Gasteiger partial charge in [-0.1, -0.05) is 27.2 Å². The van der Waals surface area contributed by atoms with Crippen molar-refractivity contribution in [2.24, 2.45) is 0 Å². The van der Waals surface area contributed by atoms with E-state index in [4.69, 9.17) is 9.26 Å². The second-order valence-electron chi connectivity index (χ2n) is 6.28. The van der Waals surface area contributed by atoms with Gasteiger partial charge in [0.15, 0.2) is 0 Å². The minimum atomic E-state index is -0.0208. The lowest BCUT2D eigenvalue weighted by Gasteiger charge is -2.27. The molecule has 0 spiro atoms. The van der Waals surface area contributed by atoms with Gasteiger partial charge in [-0.05, 0) is 36.1 Å². The van der Waals surface area contributed by atoms with Crippen molar-refractivity contribution in [2.75, 3.05) is 6.61 Å². The maximum absolute atomic E-state index is 12.4. The first-order chi connectivity index (χ1) is 13.2. The van der Waals surface area contributed by atoms with Crippen LogP contribution in [0.15, 0.2) is 44.7 Å². The second kappa shape index (κ2) is 8.22. The fourth-order valence-corrected chi connectivity index (χ4v) is 4.07. The first-order valence-corrected chi connectivity index (χ1v) is 10.4. The number of carbonyl (C=O) groups excluding carboxylic acids is 1. The zero-order chi connectivity index (χ0) is 18.6. The Morgan fingerprint density at radius 1 is 1.37 bits per heavy atom. The van der Waals surface area contributed by atoms with E-state index < -0.39 is 0 Å². The van der Waals surface area contributed by atoms with Crippen molar-refractivity contribution in [3.05, 3.63) is 51.6 Å². The molecule has 0 aliphatic carbocycles. The van der Waals surface area contributed by atoms with Crippen LogP contribution in [-0.4, -0.2) is 22.7 Å². The van der Waals surface area contributed by atoms with Gasteiger partial charge in [-0.15, -0.1) is 11.3 Å². The lowest BCUT2D eigenvalue weighted by molar-refractivity contribution is -0.122. The van der Waals surface area contributed by atoms with E-state index in [0.717, 1.165) is 27.1 Å². The summed E-state index contributed by atoms with van der Waals surface area (Å²) in [5, 5.41) is 9.07. The van der Waals surface area contributed by atoms with Gasteiger partial charge in [-0.3, -0.25) is 4.79 Å². The molecule has 3 heterocycles. The summed E-state index contributed by atoms with van der Waals surface area (Å²) in [4.78, 5) is 17.7. The average molecular weight is 448 g/mol. The van der Waals surface area contributed by atoms with Crippen LogP contribution in [0.5, 0.6) is 5.75 Å². The number of halogens is 1. The van der Waals surface area contributed by atoms with Gasteiger partial charge in [0.25, 0.3) is 0 Å². The molecule has 0 fully saturated rings. The molecule has 3 aromatic rings. The molecule has 0 bridgehead atoms. The SMILES string of the molecule is O=C(CCCc1nc(-c2cccs2)no1)NC1CCOc2ccc(Br)cc21. The van der Waals surface area contributed by atoms with Crippen LogP contribution in [0.4, 0.5) is 0 Å². The van der Waals surface area contributed by atoms with E-state index in [-0.39, 0.29) is 11.9 Å². The van der Waals surface area contributed by atoms with Crippen LogP contribution >= 0.6 is 27.3 Å². The third-order valence-electron chi connectivity index (χ3n) is 4.35. The molecule has 1 N–H and O–H groups in total. The number of ether oxygens (including phenoxy) is 1. The van der Waals surface area contributed by atoms with Gasteiger partial charge < -0.3 is 14.6 Å². The highest BCUT2D eigenvalue weighted by Crippen LogP contribution is 2.34. The Kier molecular flexibility index (Phi) is 5.54. The van der Waals surface area contributed by atoms with Crippen molar-refractivity contribution in [3.8, 4) is 16.5 Å². The maximum Gasteiger partial charge on any atom is 0.226 e. The fraction of sp³-hybridized carbons (Fsp3) is 0.316. The number of aryl methyl sites for hydroxylation is 1. The van der Waals surface area contributed by atoms with Gasteiger partial charge in [0.05, 0.1) is 17.5 Å². The van der Waals surface area contributed by atoms with Crippen LogP contribution < -0.4 is 10.1 Å². The Bertz CT molecular complexity index is 926. The lowest BCUT2D eigenvalue weighted by atomic mass is 10.0. The lowest BCUT2D eigenvalue weighted by Crippen LogP contribution is -2.32. The van der Waals surface area contributed by atoms with Gasteiger partial charge in [0.2, 0.25) is 17.6 Å². The minimum absolute atomic E-state index is 0.0193. The number of amides is 1. The standard InChI is InChI=1S/C19H18BrN3O3S/c20-12-6-7-15-13(11-12)14(8-9-25-15)21-17(24)4-1-5-18-22-19(23-26-18)16-3-2-10-27-16/h2-3,6-7,10-11,14H,1,4-5,8-9H2,(H,21,24). The van der Waals surface area contributed by atoms with Gasteiger partial charge >= 0.3 is 0 Å². The van der Waals surface area contributed by atoms with E-state index in [9.17, 15) is 4.79 Å². The molecule has 1 unspecified atom stereocenters. The molecule has 4 rings (SSSR count). The Morgan fingerprint density at radius 3 is 3.15 bits per heavy atom. The summed E-state index contributed by atoms with van der Waals surface area (Å²) >= 11 is 5.05. The first kappa shape index (κ1) is 18.2. The highest BCUT2D eigenvalue weighted by molar-refractivity contribution is 9.10. The van der Waals surface area contributed by atoms with E-state index >= 15 is 0 Å². The predicted octanol–water partition coefficient (Wildman–Crippen LogP) is 4.52. The van der Waals surface area contributed by atoms with Crippen molar-refractivity contribution in [3.63, 3.8) is 0 Å². The molecular weight excluding hydrogens is 430 g/mol. The van der Waals surface area contributed by atoms with Crippen molar-refractivity contribution in [1.82, 2.24) is 15.5 Å². The molecule has 1 aromatic carbocycles. The highest BCUT2D eigenvalue weighted by Gasteiger charge is 2.23. The summed E-state index contributed by atoms with van der Waals surface area (Å²) in [5.41, 5.74) is 1.02. The Hall–Kier alpha value is -2.19. The highest BCUT2D eigenvalue weighted by atomic mass is 79.9. The van der Waals surface area contributed by atoms with Crippen molar-refractivity contribution in [2.45, 2.75) is 31.7 Å². The average Bonchev–Trinajstić information content (AvgIpc) is 3.33. The zero-order valence-electron chi connectivity index (χ0n) is 14.5. The van der Waals surface area contributed by atoms with Crippen LogP contribution in [0.3, 0.4) is 0 Å². The number of hydrogen-bond donors (Lipinski definition) is 1. The number of nitrogens with one attached hydrogen (secondary N) is 1. The Labute approximate surface area is 169 Å². The molecule has 1 atom stereocenters. The summed E-state index contributed by atoms with van der Waals surface area (Å²) in [5.74, 6) is 2.02. The van der Waals surface area contributed by atoms with Gasteiger partial charge in [-0.2, -0.15) is 4.98 Å². The van der Waals surface area contributed by atoms with Gasteiger partial charge in [0, 0.05) is 29.3 Å². The number of hydrogen-bond acceptors (Lipinski definition) is 6. The molecule has 8 heteroatoms. The zero-order valence-corrected chi connectivity index (χ0v) is 16.9. The van der Waals surface area contributed by atoms with E-state index in [2.05, 4.69) is 31.4 Å². The summed E-state index contributed by atoms with van der Waals surface area (Å²) < 4.78 is 11.9.